The average Bonchev–Trinajstić information content (AvgIpc) is 2.35. The zero-order valence-electron chi connectivity index (χ0n) is 12.1. The number of amides is 3. The van der Waals surface area contributed by atoms with Crippen molar-refractivity contribution < 1.29 is 24.2 Å². The van der Waals surface area contributed by atoms with E-state index < -0.39 is 18.0 Å². The first-order valence-electron chi connectivity index (χ1n) is 6.41. The second-order valence-electron chi connectivity index (χ2n) is 4.55. The molecule has 0 bridgehead atoms. The molecule has 0 spiro atoms. The van der Waals surface area contributed by atoms with Gasteiger partial charge >= 0.3 is 12.0 Å². The van der Waals surface area contributed by atoms with Gasteiger partial charge in [-0.25, -0.2) is 9.59 Å². The lowest BCUT2D eigenvalue weighted by molar-refractivity contribution is -0.140. The Hall–Kier alpha value is -1.83. The number of carbonyl (C=O) groups is 3. The number of carbonyl (C=O) groups excluding carboxylic acids is 2. The molecule has 0 saturated carbocycles. The molecule has 0 aliphatic heterocycles. The van der Waals surface area contributed by atoms with Crippen LogP contribution in [0.3, 0.4) is 0 Å². The van der Waals surface area contributed by atoms with Gasteiger partial charge in [-0.15, -0.1) is 0 Å². The topological polar surface area (TPSA) is 117 Å². The molecule has 0 heterocycles. The van der Waals surface area contributed by atoms with Gasteiger partial charge in [-0.1, -0.05) is 13.8 Å². The smallest absolute Gasteiger partial charge is 0.326 e. The van der Waals surface area contributed by atoms with Crippen molar-refractivity contribution in [1.82, 2.24) is 16.0 Å². The molecule has 116 valence electrons. The van der Waals surface area contributed by atoms with E-state index in [9.17, 15) is 14.4 Å². The number of carboxylic acid groups (broad SMARTS) is 1. The molecule has 3 amide bonds. The largest absolute Gasteiger partial charge is 0.480 e. The Balaban J connectivity index is 3.87. The van der Waals surface area contributed by atoms with Gasteiger partial charge in [0, 0.05) is 26.6 Å². The molecule has 0 fully saturated rings. The predicted molar refractivity (Wildman–Crippen MR) is 72.3 cm³/mol. The summed E-state index contributed by atoms with van der Waals surface area (Å²) in [5, 5.41) is 16.3. The molecular weight excluding hydrogens is 266 g/mol. The van der Waals surface area contributed by atoms with E-state index >= 15 is 0 Å². The molecule has 4 N–H and O–H groups in total. The Kier molecular flexibility index (Phi) is 9.10. The molecular formula is C12H23N3O5. The summed E-state index contributed by atoms with van der Waals surface area (Å²) >= 11 is 0. The monoisotopic (exact) mass is 289 g/mol. The van der Waals surface area contributed by atoms with E-state index in [1.54, 1.807) is 13.8 Å². The third-order valence-corrected chi connectivity index (χ3v) is 2.49. The third-order valence-electron chi connectivity index (χ3n) is 2.49. The minimum absolute atomic E-state index is 0.122. The van der Waals surface area contributed by atoms with E-state index in [1.807, 2.05) is 0 Å². The fourth-order valence-electron chi connectivity index (χ4n) is 1.38. The van der Waals surface area contributed by atoms with Crippen molar-refractivity contribution >= 4 is 17.9 Å². The quantitative estimate of drug-likeness (QED) is 0.429. The van der Waals surface area contributed by atoms with Gasteiger partial charge < -0.3 is 25.8 Å². The Morgan fingerprint density at radius 2 is 1.80 bits per heavy atom. The van der Waals surface area contributed by atoms with Gasteiger partial charge in [0.2, 0.25) is 5.91 Å². The van der Waals surface area contributed by atoms with Gasteiger partial charge in [0.25, 0.3) is 0 Å². The molecule has 1 atom stereocenters. The van der Waals surface area contributed by atoms with E-state index in [-0.39, 0.29) is 24.8 Å². The van der Waals surface area contributed by atoms with Crippen molar-refractivity contribution in [2.24, 2.45) is 5.92 Å². The van der Waals surface area contributed by atoms with Gasteiger partial charge in [-0.3, -0.25) is 4.79 Å². The summed E-state index contributed by atoms with van der Waals surface area (Å²) in [6.45, 7) is 4.37. The van der Waals surface area contributed by atoms with E-state index in [0.29, 0.717) is 13.2 Å². The lowest BCUT2D eigenvalue weighted by atomic mass is 10.1. The first-order chi connectivity index (χ1) is 9.38. The fourth-order valence-corrected chi connectivity index (χ4v) is 1.38. The second kappa shape index (κ2) is 10.0. The molecule has 0 aromatic rings. The SMILES string of the molecule is COCCNC(=O)CCNC(=O)NC(C(=O)O)C(C)C. The van der Waals surface area contributed by atoms with Gasteiger partial charge in [-0.05, 0) is 5.92 Å². The number of methoxy groups -OCH3 is 1. The Labute approximate surface area is 118 Å². The molecule has 0 radical (unpaired) electrons. The third kappa shape index (κ3) is 8.30. The van der Waals surface area contributed by atoms with E-state index in [0.717, 1.165) is 0 Å². The van der Waals surface area contributed by atoms with E-state index in [4.69, 9.17) is 9.84 Å². The molecule has 8 nitrogen and oxygen atoms in total. The number of rotatable bonds is 9. The van der Waals surface area contributed by atoms with Crippen molar-refractivity contribution in [2.45, 2.75) is 26.3 Å². The van der Waals surface area contributed by atoms with Crippen LogP contribution in [0.4, 0.5) is 4.79 Å². The number of nitrogens with one attached hydrogen (secondary N) is 3. The van der Waals surface area contributed by atoms with Crippen molar-refractivity contribution in [3.63, 3.8) is 0 Å². The number of ether oxygens (including phenoxy) is 1. The maximum Gasteiger partial charge on any atom is 0.326 e. The normalized spacial score (nSPS) is 11.8. The fraction of sp³-hybridized carbons (Fsp3) is 0.750. The summed E-state index contributed by atoms with van der Waals surface area (Å²) in [7, 11) is 1.53. The van der Waals surface area contributed by atoms with E-state index in [2.05, 4.69) is 16.0 Å². The average molecular weight is 289 g/mol. The highest BCUT2D eigenvalue weighted by atomic mass is 16.5. The summed E-state index contributed by atoms with van der Waals surface area (Å²) < 4.78 is 4.77. The van der Waals surface area contributed by atoms with Crippen molar-refractivity contribution in [3.05, 3.63) is 0 Å². The van der Waals surface area contributed by atoms with Gasteiger partial charge in [0.05, 0.1) is 6.61 Å². The zero-order chi connectivity index (χ0) is 15.5. The highest BCUT2D eigenvalue weighted by Crippen LogP contribution is 2.01. The van der Waals surface area contributed by atoms with Crippen LogP contribution in [-0.4, -0.2) is 55.9 Å². The van der Waals surface area contributed by atoms with Crippen LogP contribution in [-0.2, 0) is 14.3 Å². The standard InChI is InChI=1S/C12H23N3O5/c1-8(2)10(11(17)18)15-12(19)14-5-4-9(16)13-6-7-20-3/h8,10H,4-7H2,1-3H3,(H,13,16)(H,17,18)(H2,14,15,19). The molecule has 0 aliphatic carbocycles. The number of urea groups is 1. The zero-order valence-corrected chi connectivity index (χ0v) is 12.1. The van der Waals surface area contributed by atoms with Crippen LogP contribution in [0, 0.1) is 5.92 Å². The van der Waals surface area contributed by atoms with Crippen LogP contribution in [0.1, 0.15) is 20.3 Å². The predicted octanol–water partition coefficient (Wildman–Crippen LogP) is -0.452. The summed E-state index contributed by atoms with van der Waals surface area (Å²) in [6.07, 6.45) is 0.122. The minimum atomic E-state index is -1.09. The highest BCUT2D eigenvalue weighted by Gasteiger charge is 2.23. The van der Waals surface area contributed by atoms with E-state index in [1.165, 1.54) is 7.11 Å². The molecule has 20 heavy (non-hydrogen) atoms. The summed E-state index contributed by atoms with van der Waals surface area (Å²) in [5.41, 5.74) is 0. The number of carboxylic acids is 1. The summed E-state index contributed by atoms with van der Waals surface area (Å²) in [4.78, 5) is 33.7. The Morgan fingerprint density at radius 3 is 2.30 bits per heavy atom. The molecule has 0 aromatic heterocycles. The summed E-state index contributed by atoms with van der Waals surface area (Å²) in [5.74, 6) is -1.52. The first-order valence-corrected chi connectivity index (χ1v) is 6.41. The Morgan fingerprint density at radius 1 is 1.15 bits per heavy atom. The van der Waals surface area contributed by atoms with Crippen LogP contribution in [0.15, 0.2) is 0 Å². The lowest BCUT2D eigenvalue weighted by Crippen LogP contribution is -2.49. The van der Waals surface area contributed by atoms with Crippen LogP contribution >= 0.6 is 0 Å². The van der Waals surface area contributed by atoms with Gasteiger partial charge in [0.15, 0.2) is 0 Å². The van der Waals surface area contributed by atoms with Gasteiger partial charge in [0.1, 0.15) is 6.04 Å². The molecule has 8 heteroatoms. The number of hydrogen-bond donors (Lipinski definition) is 4. The first kappa shape index (κ1) is 18.2. The van der Waals surface area contributed by atoms with Crippen molar-refractivity contribution in [3.8, 4) is 0 Å². The maximum atomic E-state index is 11.5. The molecule has 0 rings (SSSR count). The highest BCUT2D eigenvalue weighted by molar-refractivity contribution is 5.83. The van der Waals surface area contributed by atoms with Crippen LogP contribution < -0.4 is 16.0 Å². The molecule has 0 saturated heterocycles. The minimum Gasteiger partial charge on any atom is -0.480 e. The lowest BCUT2D eigenvalue weighted by Gasteiger charge is -2.18. The number of hydrogen-bond acceptors (Lipinski definition) is 4. The van der Waals surface area contributed by atoms with Gasteiger partial charge in [-0.2, -0.15) is 0 Å². The Bertz CT molecular complexity index is 333. The second-order valence-corrected chi connectivity index (χ2v) is 4.55. The van der Waals surface area contributed by atoms with Crippen molar-refractivity contribution in [1.29, 1.82) is 0 Å². The van der Waals surface area contributed by atoms with Crippen LogP contribution in [0.25, 0.3) is 0 Å². The molecule has 1 unspecified atom stereocenters. The molecule has 0 aliphatic rings. The van der Waals surface area contributed by atoms with Crippen LogP contribution in [0.2, 0.25) is 0 Å². The summed E-state index contributed by atoms with van der Waals surface area (Å²) in [6, 6.07) is -1.55. The van der Waals surface area contributed by atoms with Crippen molar-refractivity contribution in [2.75, 3.05) is 26.8 Å². The molecule has 0 aromatic carbocycles. The number of aliphatic carboxylic acids is 1. The van der Waals surface area contributed by atoms with Crippen LogP contribution in [0.5, 0.6) is 0 Å². The maximum absolute atomic E-state index is 11.5.